The zero-order valence-corrected chi connectivity index (χ0v) is 19.9. The van der Waals surface area contributed by atoms with Crippen molar-refractivity contribution in [3.05, 3.63) is 114 Å². The van der Waals surface area contributed by atoms with Crippen LogP contribution in [0.25, 0.3) is 10.2 Å². The number of benzene rings is 3. The number of hydrogen-bond donors (Lipinski definition) is 1. The molecule has 0 aliphatic rings. The minimum absolute atomic E-state index is 0.173. The van der Waals surface area contributed by atoms with Gasteiger partial charge >= 0.3 is 0 Å². The first-order valence-corrected chi connectivity index (χ1v) is 12.1. The Morgan fingerprint density at radius 1 is 0.971 bits per heavy atom. The van der Waals surface area contributed by atoms with Crippen LogP contribution in [0.1, 0.15) is 32.0 Å². The van der Waals surface area contributed by atoms with E-state index in [0.717, 1.165) is 21.3 Å². The third-order valence-electron chi connectivity index (χ3n) is 5.70. The zero-order valence-electron chi connectivity index (χ0n) is 19.1. The molecular formula is C28H23N3O3S. The third kappa shape index (κ3) is 5.00. The maximum atomic E-state index is 13.8. The lowest BCUT2D eigenvalue weighted by atomic mass is 10.1. The first kappa shape index (κ1) is 22.6. The molecule has 5 aromatic rings. The number of nitrogens with one attached hydrogen (secondary N) is 1. The smallest absolute Gasteiger partial charge is 0.291 e. The molecule has 0 radical (unpaired) electrons. The number of carbonyl (C=O) groups excluding carboxylic acids is 2. The molecular weight excluding hydrogens is 458 g/mol. The Labute approximate surface area is 206 Å². The highest BCUT2D eigenvalue weighted by molar-refractivity contribution is 7.22. The van der Waals surface area contributed by atoms with E-state index in [1.165, 1.54) is 17.6 Å². The summed E-state index contributed by atoms with van der Waals surface area (Å²) in [5.74, 6) is -0.330. The van der Waals surface area contributed by atoms with E-state index < -0.39 is 0 Å². The highest BCUT2D eigenvalue weighted by Crippen LogP contribution is 2.30. The second-order valence-corrected chi connectivity index (χ2v) is 9.13. The van der Waals surface area contributed by atoms with Crippen molar-refractivity contribution in [1.29, 1.82) is 0 Å². The number of hydrogen-bond acceptors (Lipinski definition) is 5. The molecule has 0 unspecified atom stereocenters. The summed E-state index contributed by atoms with van der Waals surface area (Å²) in [5, 5.41) is 3.50. The second kappa shape index (κ2) is 9.95. The monoisotopic (exact) mass is 481 g/mol. The Bertz CT molecular complexity index is 1440. The molecule has 2 heterocycles. The van der Waals surface area contributed by atoms with Crippen LogP contribution < -0.4 is 10.2 Å². The zero-order chi connectivity index (χ0) is 24.2. The maximum absolute atomic E-state index is 13.8. The fourth-order valence-corrected chi connectivity index (χ4v) is 4.77. The number of anilines is 2. The van der Waals surface area contributed by atoms with E-state index >= 15 is 0 Å². The topological polar surface area (TPSA) is 75.4 Å². The average molecular weight is 482 g/mol. The highest BCUT2D eigenvalue weighted by Gasteiger charge is 2.22. The van der Waals surface area contributed by atoms with Gasteiger partial charge in [-0.25, -0.2) is 4.98 Å². The van der Waals surface area contributed by atoms with Crippen LogP contribution in [0.4, 0.5) is 10.8 Å². The van der Waals surface area contributed by atoms with Crippen molar-refractivity contribution in [2.75, 3.05) is 16.8 Å². The molecule has 3 aromatic carbocycles. The molecule has 0 fully saturated rings. The van der Waals surface area contributed by atoms with E-state index in [9.17, 15) is 9.59 Å². The molecule has 1 N–H and O–H groups in total. The summed E-state index contributed by atoms with van der Waals surface area (Å²) >= 11 is 1.49. The van der Waals surface area contributed by atoms with Crippen LogP contribution in [0, 0.1) is 6.92 Å². The van der Waals surface area contributed by atoms with Crippen LogP contribution in [0.5, 0.6) is 0 Å². The SMILES string of the molecule is Cc1ccc(C(=O)N(CCc2ccccc2)c2nc3ccccc3s2)cc1NC(=O)c1ccco1. The standard InChI is InChI=1S/C28H23N3O3S/c1-19-13-14-21(18-23(19)29-26(32)24-11-7-17-34-24)27(33)31(16-15-20-8-3-2-4-9-20)28-30-22-10-5-6-12-25(22)35-28/h2-14,17-18H,15-16H2,1H3,(H,29,32). The lowest BCUT2D eigenvalue weighted by Gasteiger charge is -2.21. The van der Waals surface area contributed by atoms with Gasteiger partial charge in [-0.3, -0.25) is 14.5 Å². The maximum Gasteiger partial charge on any atom is 0.291 e. The van der Waals surface area contributed by atoms with E-state index in [0.29, 0.717) is 29.3 Å². The molecule has 0 saturated carbocycles. The fraction of sp³-hybridized carbons (Fsp3) is 0.107. The molecule has 6 nitrogen and oxygen atoms in total. The summed E-state index contributed by atoms with van der Waals surface area (Å²) in [7, 11) is 0. The Morgan fingerprint density at radius 3 is 2.54 bits per heavy atom. The number of para-hydroxylation sites is 1. The van der Waals surface area contributed by atoms with Gasteiger partial charge in [-0.1, -0.05) is 59.9 Å². The Morgan fingerprint density at radius 2 is 1.77 bits per heavy atom. The number of amides is 2. The minimum Gasteiger partial charge on any atom is -0.459 e. The van der Waals surface area contributed by atoms with Crippen LogP contribution >= 0.6 is 11.3 Å². The molecule has 0 spiro atoms. The molecule has 0 atom stereocenters. The van der Waals surface area contributed by atoms with E-state index in [4.69, 9.17) is 9.40 Å². The summed E-state index contributed by atoms with van der Waals surface area (Å²) in [6, 6.07) is 26.5. The van der Waals surface area contributed by atoms with Gasteiger partial charge in [0.25, 0.3) is 11.8 Å². The highest BCUT2D eigenvalue weighted by atomic mass is 32.1. The number of thiazole rings is 1. The van der Waals surface area contributed by atoms with Crippen molar-refractivity contribution in [2.24, 2.45) is 0 Å². The fourth-order valence-electron chi connectivity index (χ4n) is 3.78. The molecule has 7 heteroatoms. The van der Waals surface area contributed by atoms with Gasteiger partial charge in [-0.15, -0.1) is 0 Å². The van der Waals surface area contributed by atoms with Crippen molar-refractivity contribution in [3.8, 4) is 0 Å². The summed E-state index contributed by atoms with van der Waals surface area (Å²) in [5.41, 5.74) is 3.88. The summed E-state index contributed by atoms with van der Waals surface area (Å²) in [4.78, 5) is 32.8. The van der Waals surface area contributed by atoms with Crippen molar-refractivity contribution < 1.29 is 14.0 Å². The Hall–Kier alpha value is -4.23. The van der Waals surface area contributed by atoms with Crippen LogP contribution in [-0.4, -0.2) is 23.3 Å². The predicted octanol–water partition coefficient (Wildman–Crippen LogP) is 6.34. The molecule has 2 amide bonds. The summed E-state index contributed by atoms with van der Waals surface area (Å²) < 4.78 is 6.21. The quantitative estimate of drug-likeness (QED) is 0.294. The summed E-state index contributed by atoms with van der Waals surface area (Å²) in [6.45, 7) is 2.36. The van der Waals surface area contributed by atoms with E-state index in [1.54, 1.807) is 29.2 Å². The van der Waals surface area contributed by atoms with Gasteiger partial charge in [0, 0.05) is 17.8 Å². The van der Waals surface area contributed by atoms with Crippen molar-refractivity contribution in [3.63, 3.8) is 0 Å². The predicted molar refractivity (Wildman–Crippen MR) is 139 cm³/mol. The number of aryl methyl sites for hydroxylation is 1. The lowest BCUT2D eigenvalue weighted by Crippen LogP contribution is -2.33. The first-order chi connectivity index (χ1) is 17.1. The average Bonchev–Trinajstić information content (AvgIpc) is 3.56. The number of rotatable bonds is 7. The van der Waals surface area contributed by atoms with Gasteiger partial charge in [0.1, 0.15) is 0 Å². The molecule has 35 heavy (non-hydrogen) atoms. The van der Waals surface area contributed by atoms with Gasteiger partial charge in [-0.2, -0.15) is 0 Å². The number of aromatic nitrogens is 1. The van der Waals surface area contributed by atoms with Gasteiger partial charge in [0.2, 0.25) is 0 Å². The number of nitrogens with zero attached hydrogens (tertiary/aromatic N) is 2. The van der Waals surface area contributed by atoms with Crippen molar-refractivity contribution in [1.82, 2.24) is 4.98 Å². The second-order valence-electron chi connectivity index (χ2n) is 8.12. The first-order valence-electron chi connectivity index (χ1n) is 11.3. The van der Waals surface area contributed by atoms with Crippen LogP contribution in [0.2, 0.25) is 0 Å². The largest absolute Gasteiger partial charge is 0.459 e. The Balaban J connectivity index is 1.46. The third-order valence-corrected chi connectivity index (χ3v) is 6.76. The van der Waals surface area contributed by atoms with Gasteiger partial charge in [0.05, 0.1) is 16.5 Å². The lowest BCUT2D eigenvalue weighted by molar-refractivity contribution is 0.0981. The van der Waals surface area contributed by atoms with Gasteiger partial charge in [-0.05, 0) is 60.9 Å². The molecule has 174 valence electrons. The molecule has 0 saturated heterocycles. The number of fused-ring (bicyclic) bond motifs is 1. The number of carbonyl (C=O) groups is 2. The van der Waals surface area contributed by atoms with Crippen LogP contribution in [-0.2, 0) is 6.42 Å². The number of furan rings is 1. The van der Waals surface area contributed by atoms with Crippen LogP contribution in [0.15, 0.2) is 95.6 Å². The Kier molecular flexibility index (Phi) is 6.41. The molecule has 0 aliphatic carbocycles. The summed E-state index contributed by atoms with van der Waals surface area (Å²) in [6.07, 6.45) is 2.14. The molecule has 5 rings (SSSR count). The normalized spacial score (nSPS) is 10.9. The van der Waals surface area contributed by atoms with Crippen molar-refractivity contribution >= 4 is 44.2 Å². The van der Waals surface area contributed by atoms with E-state index in [2.05, 4.69) is 17.4 Å². The van der Waals surface area contributed by atoms with Crippen LogP contribution in [0.3, 0.4) is 0 Å². The molecule has 0 bridgehead atoms. The van der Waals surface area contributed by atoms with Gasteiger partial charge in [0.15, 0.2) is 10.9 Å². The van der Waals surface area contributed by atoms with Crippen molar-refractivity contribution in [2.45, 2.75) is 13.3 Å². The minimum atomic E-state index is -0.366. The molecule has 2 aromatic heterocycles. The van der Waals surface area contributed by atoms with E-state index in [-0.39, 0.29) is 17.6 Å². The van der Waals surface area contributed by atoms with E-state index in [1.807, 2.05) is 55.5 Å². The van der Waals surface area contributed by atoms with Gasteiger partial charge < -0.3 is 9.73 Å². The molecule has 0 aliphatic heterocycles.